The summed E-state index contributed by atoms with van der Waals surface area (Å²) < 4.78 is 6.42. The molecule has 1 aromatic heterocycles. The van der Waals surface area contributed by atoms with Gasteiger partial charge in [0.05, 0.1) is 0 Å². The molecule has 0 saturated heterocycles. The van der Waals surface area contributed by atoms with Crippen LogP contribution in [0.15, 0.2) is 29.6 Å². The van der Waals surface area contributed by atoms with Gasteiger partial charge >= 0.3 is 0 Å². The predicted molar refractivity (Wildman–Crippen MR) is 77.8 cm³/mol. The molecule has 0 radical (unpaired) electrons. The first-order chi connectivity index (χ1) is 8.85. The fraction of sp³-hybridized carbons (Fsp3) is 0.429. The quantitative estimate of drug-likeness (QED) is 0.459. The molecular weight excluding hydrogens is 244 g/mol. The average Bonchev–Trinajstić information content (AvgIpc) is 2.81. The molecule has 1 unspecified atom stereocenters. The van der Waals surface area contributed by atoms with Gasteiger partial charge in [0.25, 0.3) is 0 Å². The molecule has 0 bridgehead atoms. The number of rotatable bonds is 7. The van der Waals surface area contributed by atoms with Gasteiger partial charge in [-0.15, -0.1) is 11.3 Å². The third kappa shape index (κ3) is 3.29. The van der Waals surface area contributed by atoms with Gasteiger partial charge in [0.1, 0.15) is 0 Å². The normalized spacial score (nSPS) is 13.0. The molecule has 0 fully saturated rings. The van der Waals surface area contributed by atoms with Crippen LogP contribution in [0.2, 0.25) is 0 Å². The average molecular weight is 264 g/mol. The first kappa shape index (κ1) is 13.5. The zero-order chi connectivity index (χ0) is 12.8. The highest BCUT2D eigenvalue weighted by molar-refractivity contribution is 7.17. The zero-order valence-electron chi connectivity index (χ0n) is 10.7. The molecular formula is C14H20N2OS. The van der Waals surface area contributed by atoms with Crippen molar-refractivity contribution in [2.24, 2.45) is 5.84 Å². The highest BCUT2D eigenvalue weighted by Crippen LogP contribution is 2.26. The minimum Gasteiger partial charge on any atom is -0.385 e. The summed E-state index contributed by atoms with van der Waals surface area (Å²) in [5.41, 5.74) is 4.30. The Balaban J connectivity index is 2.02. The number of hydrogen-bond acceptors (Lipinski definition) is 4. The molecule has 1 aromatic carbocycles. The van der Waals surface area contributed by atoms with Crippen molar-refractivity contribution in [3.8, 4) is 0 Å². The van der Waals surface area contributed by atoms with Crippen LogP contribution < -0.4 is 11.3 Å². The molecule has 2 rings (SSSR count). The van der Waals surface area contributed by atoms with E-state index < -0.39 is 0 Å². The molecule has 3 N–H and O–H groups in total. The van der Waals surface area contributed by atoms with Gasteiger partial charge in [-0.25, -0.2) is 0 Å². The number of ether oxygens (including phenoxy) is 1. The topological polar surface area (TPSA) is 47.3 Å². The number of thiophene rings is 1. The molecule has 1 heterocycles. The Hall–Kier alpha value is -0.940. The maximum Gasteiger partial charge on any atom is 0.0462 e. The van der Waals surface area contributed by atoms with Crippen molar-refractivity contribution in [2.45, 2.75) is 25.3 Å². The van der Waals surface area contributed by atoms with Crippen LogP contribution in [0.3, 0.4) is 0 Å². The van der Waals surface area contributed by atoms with Crippen LogP contribution in [-0.4, -0.2) is 19.8 Å². The molecule has 0 spiro atoms. The van der Waals surface area contributed by atoms with E-state index in [2.05, 4.69) is 35.1 Å². The van der Waals surface area contributed by atoms with Gasteiger partial charge in [0.2, 0.25) is 0 Å². The highest BCUT2D eigenvalue weighted by atomic mass is 32.1. The van der Waals surface area contributed by atoms with Crippen molar-refractivity contribution < 1.29 is 4.74 Å². The Morgan fingerprint density at radius 1 is 1.39 bits per heavy atom. The molecule has 2 aromatic rings. The second kappa shape index (κ2) is 6.85. The van der Waals surface area contributed by atoms with E-state index in [1.54, 1.807) is 18.4 Å². The summed E-state index contributed by atoms with van der Waals surface area (Å²) >= 11 is 1.80. The third-order valence-electron chi connectivity index (χ3n) is 3.16. The highest BCUT2D eigenvalue weighted by Gasteiger charge is 2.11. The summed E-state index contributed by atoms with van der Waals surface area (Å²) in [5, 5.41) is 3.60. The summed E-state index contributed by atoms with van der Waals surface area (Å²) in [6, 6.07) is 8.84. The minimum atomic E-state index is 0.318. The lowest BCUT2D eigenvalue weighted by Gasteiger charge is -2.15. The number of nitrogens with one attached hydrogen (secondary N) is 1. The van der Waals surface area contributed by atoms with Gasteiger partial charge in [-0.1, -0.05) is 18.2 Å². The Labute approximate surface area is 112 Å². The van der Waals surface area contributed by atoms with Gasteiger partial charge in [0.15, 0.2) is 0 Å². The van der Waals surface area contributed by atoms with E-state index in [9.17, 15) is 0 Å². The van der Waals surface area contributed by atoms with Crippen LogP contribution in [0.5, 0.6) is 0 Å². The smallest absolute Gasteiger partial charge is 0.0462 e. The molecule has 0 aliphatic carbocycles. The standard InChI is InChI=1S/C14H20N2OS/c1-17-8-4-5-12(16-15)9-11-10-18-14-7-3-2-6-13(11)14/h2-3,6-7,10,12,16H,4-5,8-9,15H2,1H3. The third-order valence-corrected chi connectivity index (χ3v) is 4.18. The molecule has 0 aliphatic rings. The van der Waals surface area contributed by atoms with E-state index in [0.717, 1.165) is 25.9 Å². The molecule has 98 valence electrons. The van der Waals surface area contributed by atoms with Crippen molar-refractivity contribution in [1.29, 1.82) is 0 Å². The molecule has 18 heavy (non-hydrogen) atoms. The van der Waals surface area contributed by atoms with Crippen LogP contribution in [0, 0.1) is 0 Å². The van der Waals surface area contributed by atoms with Crippen LogP contribution in [0.1, 0.15) is 18.4 Å². The maximum atomic E-state index is 5.63. The molecule has 0 saturated carbocycles. The van der Waals surface area contributed by atoms with E-state index in [1.807, 2.05) is 0 Å². The summed E-state index contributed by atoms with van der Waals surface area (Å²) in [4.78, 5) is 0. The number of benzene rings is 1. The van der Waals surface area contributed by atoms with Crippen LogP contribution in [0.25, 0.3) is 10.1 Å². The Morgan fingerprint density at radius 3 is 3.00 bits per heavy atom. The van der Waals surface area contributed by atoms with E-state index in [1.165, 1.54) is 15.6 Å². The van der Waals surface area contributed by atoms with Gasteiger partial charge in [-0.05, 0) is 41.7 Å². The fourth-order valence-corrected chi connectivity index (χ4v) is 3.15. The van der Waals surface area contributed by atoms with Gasteiger partial charge < -0.3 is 4.74 Å². The molecule has 0 aliphatic heterocycles. The lowest BCUT2D eigenvalue weighted by Crippen LogP contribution is -2.36. The van der Waals surface area contributed by atoms with Crippen molar-refractivity contribution in [3.63, 3.8) is 0 Å². The molecule has 0 amide bonds. The van der Waals surface area contributed by atoms with Crippen LogP contribution >= 0.6 is 11.3 Å². The van der Waals surface area contributed by atoms with Crippen molar-refractivity contribution in [3.05, 3.63) is 35.2 Å². The van der Waals surface area contributed by atoms with Gasteiger partial charge in [-0.3, -0.25) is 11.3 Å². The number of fused-ring (bicyclic) bond motifs is 1. The summed E-state index contributed by atoms with van der Waals surface area (Å²) in [7, 11) is 1.73. The van der Waals surface area contributed by atoms with Gasteiger partial charge in [0, 0.05) is 24.5 Å². The van der Waals surface area contributed by atoms with Gasteiger partial charge in [-0.2, -0.15) is 0 Å². The van der Waals surface area contributed by atoms with E-state index in [-0.39, 0.29) is 0 Å². The lowest BCUT2D eigenvalue weighted by molar-refractivity contribution is 0.188. The molecule has 4 heteroatoms. The number of hydrogen-bond donors (Lipinski definition) is 2. The number of hydrazine groups is 1. The Kier molecular flexibility index (Phi) is 5.13. The SMILES string of the molecule is COCCCC(Cc1csc2ccccc12)NN. The summed E-state index contributed by atoms with van der Waals surface area (Å²) in [6.45, 7) is 0.794. The summed E-state index contributed by atoms with van der Waals surface area (Å²) in [6.07, 6.45) is 3.05. The van der Waals surface area contributed by atoms with E-state index in [4.69, 9.17) is 10.6 Å². The maximum absolute atomic E-state index is 5.63. The first-order valence-electron chi connectivity index (χ1n) is 6.25. The molecule has 1 atom stereocenters. The van der Waals surface area contributed by atoms with Crippen molar-refractivity contribution in [2.75, 3.05) is 13.7 Å². The van der Waals surface area contributed by atoms with Crippen molar-refractivity contribution in [1.82, 2.24) is 5.43 Å². The first-order valence-corrected chi connectivity index (χ1v) is 7.13. The second-order valence-corrected chi connectivity index (χ2v) is 5.37. The van der Waals surface area contributed by atoms with Crippen molar-refractivity contribution >= 4 is 21.4 Å². The van der Waals surface area contributed by atoms with Crippen LogP contribution in [0.4, 0.5) is 0 Å². The Morgan fingerprint density at radius 2 is 2.22 bits per heavy atom. The molecule has 3 nitrogen and oxygen atoms in total. The zero-order valence-corrected chi connectivity index (χ0v) is 11.5. The lowest BCUT2D eigenvalue weighted by atomic mass is 10.0. The fourth-order valence-electron chi connectivity index (χ4n) is 2.17. The number of nitrogens with two attached hydrogens (primary N) is 1. The van der Waals surface area contributed by atoms with E-state index in [0.29, 0.717) is 6.04 Å². The predicted octanol–water partition coefficient (Wildman–Crippen LogP) is 2.70. The number of methoxy groups -OCH3 is 1. The monoisotopic (exact) mass is 264 g/mol. The van der Waals surface area contributed by atoms with Crippen LogP contribution in [-0.2, 0) is 11.2 Å². The summed E-state index contributed by atoms with van der Waals surface area (Å²) in [5.74, 6) is 5.63. The minimum absolute atomic E-state index is 0.318. The largest absolute Gasteiger partial charge is 0.385 e. The van der Waals surface area contributed by atoms with E-state index >= 15 is 0 Å². The Bertz CT molecular complexity index is 483. The second-order valence-electron chi connectivity index (χ2n) is 4.46.